The number of nitrogens with one attached hydrogen (secondary N) is 1. The maximum atomic E-state index is 4.27. The summed E-state index contributed by atoms with van der Waals surface area (Å²) in [5, 5.41) is 2.27. The second-order valence-corrected chi connectivity index (χ2v) is 5.62. The van der Waals surface area contributed by atoms with Gasteiger partial charge in [-0.1, -0.05) is 6.42 Å². The van der Waals surface area contributed by atoms with Gasteiger partial charge in [-0.05, 0) is 49.3 Å². The Kier molecular flexibility index (Phi) is 3.96. The van der Waals surface area contributed by atoms with Gasteiger partial charge in [-0.25, -0.2) is 15.0 Å². The Bertz CT molecular complexity index is 330. The van der Waals surface area contributed by atoms with Gasteiger partial charge in [0.15, 0.2) is 0 Å². The average Bonchev–Trinajstić information content (AvgIpc) is 2.26. The Balaban J connectivity index is 2.04. The van der Waals surface area contributed by atoms with Crippen molar-refractivity contribution in [3.8, 4) is 0 Å². The molecule has 1 fully saturated rings. The van der Waals surface area contributed by atoms with Crippen molar-refractivity contribution in [3.05, 3.63) is 16.0 Å². The summed E-state index contributed by atoms with van der Waals surface area (Å²) in [7, 11) is 0. The number of anilines is 1. The summed E-state index contributed by atoms with van der Waals surface area (Å²) >= 11 is 2.21. The van der Waals surface area contributed by atoms with Gasteiger partial charge < -0.3 is 0 Å². The van der Waals surface area contributed by atoms with Gasteiger partial charge >= 0.3 is 0 Å². The van der Waals surface area contributed by atoms with E-state index in [1.54, 1.807) is 0 Å². The largest absolute Gasteiger partial charge is 0.286 e. The molecule has 1 aromatic heterocycles. The lowest BCUT2D eigenvalue weighted by Gasteiger charge is -2.38. The predicted molar refractivity (Wildman–Crippen MR) is 73.0 cm³/mol. The van der Waals surface area contributed by atoms with Crippen molar-refractivity contribution in [2.75, 3.05) is 5.43 Å². The van der Waals surface area contributed by atoms with Gasteiger partial charge in [0.1, 0.15) is 0 Å². The van der Waals surface area contributed by atoms with Crippen molar-refractivity contribution in [1.29, 1.82) is 0 Å². The Morgan fingerprint density at radius 3 is 2.38 bits per heavy atom. The van der Waals surface area contributed by atoms with E-state index >= 15 is 0 Å². The van der Waals surface area contributed by atoms with E-state index < -0.39 is 0 Å². The number of hydrogen-bond donors (Lipinski definition) is 1. The van der Waals surface area contributed by atoms with Crippen molar-refractivity contribution in [2.24, 2.45) is 0 Å². The lowest BCUT2D eigenvalue weighted by Crippen LogP contribution is -2.47. The third-order valence-electron chi connectivity index (χ3n) is 3.04. The Hall–Kier alpha value is -0.430. The SMILES string of the molecule is CC1CCCC(C)N1Nc1ncc(I)cn1. The van der Waals surface area contributed by atoms with Crippen molar-refractivity contribution in [3.63, 3.8) is 0 Å². The van der Waals surface area contributed by atoms with Gasteiger partial charge in [-0.2, -0.15) is 0 Å². The zero-order valence-electron chi connectivity index (χ0n) is 9.65. The highest BCUT2D eigenvalue weighted by Gasteiger charge is 2.25. The molecular weight excluding hydrogens is 315 g/mol. The number of rotatable bonds is 2. The molecule has 16 heavy (non-hydrogen) atoms. The van der Waals surface area contributed by atoms with Crippen LogP contribution in [-0.4, -0.2) is 27.1 Å². The molecule has 0 radical (unpaired) electrons. The molecule has 0 saturated carbocycles. The van der Waals surface area contributed by atoms with Gasteiger partial charge in [0.25, 0.3) is 0 Å². The lowest BCUT2D eigenvalue weighted by atomic mass is 10.00. The molecule has 0 spiro atoms. The Labute approximate surface area is 110 Å². The molecule has 0 aromatic carbocycles. The topological polar surface area (TPSA) is 41.0 Å². The van der Waals surface area contributed by atoms with E-state index in [1.807, 2.05) is 12.4 Å². The highest BCUT2D eigenvalue weighted by Crippen LogP contribution is 2.22. The standard InChI is InChI=1S/C11H17IN4/c1-8-4-3-5-9(2)16(8)15-11-13-6-10(12)7-14-11/h6-9H,3-5H2,1-2H3,(H,13,14,15). The second-order valence-electron chi connectivity index (χ2n) is 4.37. The Morgan fingerprint density at radius 2 is 1.81 bits per heavy atom. The summed E-state index contributed by atoms with van der Waals surface area (Å²) in [6, 6.07) is 1.10. The minimum absolute atomic E-state index is 0.548. The third kappa shape index (κ3) is 2.82. The number of nitrogens with zero attached hydrogens (tertiary/aromatic N) is 3. The molecule has 2 atom stereocenters. The summed E-state index contributed by atoms with van der Waals surface area (Å²) in [6.07, 6.45) is 7.45. The molecule has 0 aliphatic carbocycles. The van der Waals surface area contributed by atoms with E-state index in [1.165, 1.54) is 19.3 Å². The number of hydrazine groups is 1. The predicted octanol–water partition coefficient (Wildman–Crippen LogP) is 2.67. The zero-order valence-corrected chi connectivity index (χ0v) is 11.8. The zero-order chi connectivity index (χ0) is 11.5. The van der Waals surface area contributed by atoms with E-state index in [-0.39, 0.29) is 0 Å². The first-order chi connectivity index (χ1) is 7.66. The van der Waals surface area contributed by atoms with Crippen LogP contribution in [-0.2, 0) is 0 Å². The minimum atomic E-state index is 0.548. The molecule has 1 aliphatic heterocycles. The molecular formula is C11H17IN4. The molecule has 0 bridgehead atoms. The summed E-state index contributed by atoms with van der Waals surface area (Å²) in [4.78, 5) is 8.54. The van der Waals surface area contributed by atoms with Gasteiger partial charge in [0.2, 0.25) is 5.95 Å². The van der Waals surface area contributed by atoms with Crippen LogP contribution in [0.15, 0.2) is 12.4 Å². The first kappa shape index (κ1) is 12.0. The van der Waals surface area contributed by atoms with E-state index in [0.29, 0.717) is 18.0 Å². The molecule has 2 unspecified atom stereocenters. The van der Waals surface area contributed by atoms with E-state index in [2.05, 4.69) is 56.8 Å². The van der Waals surface area contributed by atoms with Crippen LogP contribution >= 0.6 is 22.6 Å². The quantitative estimate of drug-likeness (QED) is 0.846. The van der Waals surface area contributed by atoms with Crippen LogP contribution in [0.5, 0.6) is 0 Å². The molecule has 4 nitrogen and oxygen atoms in total. The van der Waals surface area contributed by atoms with Gasteiger partial charge in [0, 0.05) is 28.0 Å². The summed E-state index contributed by atoms with van der Waals surface area (Å²) in [5.74, 6) is 0.695. The molecule has 2 rings (SSSR count). The van der Waals surface area contributed by atoms with Crippen LogP contribution in [0.1, 0.15) is 33.1 Å². The van der Waals surface area contributed by atoms with Crippen LogP contribution in [0, 0.1) is 3.57 Å². The second kappa shape index (κ2) is 5.27. The van der Waals surface area contributed by atoms with Gasteiger partial charge in [-0.15, -0.1) is 0 Å². The summed E-state index contributed by atoms with van der Waals surface area (Å²) < 4.78 is 1.06. The van der Waals surface area contributed by atoms with Crippen LogP contribution in [0.3, 0.4) is 0 Å². The van der Waals surface area contributed by atoms with Crippen molar-refractivity contribution >= 4 is 28.5 Å². The fourth-order valence-corrected chi connectivity index (χ4v) is 2.41. The number of aromatic nitrogens is 2. The fraction of sp³-hybridized carbons (Fsp3) is 0.636. The van der Waals surface area contributed by atoms with E-state index in [4.69, 9.17) is 0 Å². The average molecular weight is 332 g/mol. The number of piperidine rings is 1. The highest BCUT2D eigenvalue weighted by atomic mass is 127. The first-order valence-electron chi connectivity index (χ1n) is 5.69. The molecule has 0 amide bonds. The van der Waals surface area contributed by atoms with Crippen LogP contribution in [0.2, 0.25) is 0 Å². The van der Waals surface area contributed by atoms with Gasteiger partial charge in [0.05, 0.1) is 0 Å². The highest BCUT2D eigenvalue weighted by molar-refractivity contribution is 14.1. The normalized spacial score (nSPS) is 26.7. The van der Waals surface area contributed by atoms with Crippen molar-refractivity contribution in [1.82, 2.24) is 15.0 Å². The van der Waals surface area contributed by atoms with Crippen LogP contribution in [0.4, 0.5) is 5.95 Å². The van der Waals surface area contributed by atoms with E-state index in [0.717, 1.165) is 3.57 Å². The fourth-order valence-electron chi connectivity index (χ4n) is 2.13. The van der Waals surface area contributed by atoms with Crippen LogP contribution < -0.4 is 5.43 Å². The minimum Gasteiger partial charge on any atom is -0.286 e. The maximum absolute atomic E-state index is 4.27. The molecule has 1 N–H and O–H groups in total. The third-order valence-corrected chi connectivity index (χ3v) is 3.60. The van der Waals surface area contributed by atoms with Crippen molar-refractivity contribution < 1.29 is 0 Å². The molecule has 5 heteroatoms. The number of hydrogen-bond acceptors (Lipinski definition) is 4. The Morgan fingerprint density at radius 1 is 1.25 bits per heavy atom. The molecule has 1 aliphatic rings. The van der Waals surface area contributed by atoms with Crippen molar-refractivity contribution in [2.45, 2.75) is 45.2 Å². The molecule has 1 saturated heterocycles. The van der Waals surface area contributed by atoms with Gasteiger partial charge in [-0.3, -0.25) is 5.43 Å². The first-order valence-corrected chi connectivity index (χ1v) is 6.77. The number of halogens is 1. The molecule has 88 valence electrons. The maximum Gasteiger partial charge on any atom is 0.237 e. The van der Waals surface area contributed by atoms with Crippen LogP contribution in [0.25, 0.3) is 0 Å². The lowest BCUT2D eigenvalue weighted by molar-refractivity contribution is 0.134. The monoisotopic (exact) mass is 332 g/mol. The molecule has 2 heterocycles. The summed E-state index contributed by atoms with van der Waals surface area (Å²) in [6.45, 7) is 4.49. The summed E-state index contributed by atoms with van der Waals surface area (Å²) in [5.41, 5.74) is 3.32. The van der Waals surface area contributed by atoms with E-state index in [9.17, 15) is 0 Å². The molecule has 1 aromatic rings. The smallest absolute Gasteiger partial charge is 0.237 e.